The second kappa shape index (κ2) is 6.78. The summed E-state index contributed by atoms with van der Waals surface area (Å²) in [6.45, 7) is 6.79. The van der Waals surface area contributed by atoms with Crippen LogP contribution in [0.25, 0.3) is 0 Å². The molecule has 0 spiro atoms. The van der Waals surface area contributed by atoms with E-state index in [-0.39, 0.29) is 12.1 Å². The van der Waals surface area contributed by atoms with Crippen molar-refractivity contribution in [1.29, 1.82) is 0 Å². The van der Waals surface area contributed by atoms with Gasteiger partial charge in [-0.3, -0.25) is 4.79 Å². The first-order chi connectivity index (χ1) is 8.78. The lowest BCUT2D eigenvalue weighted by Gasteiger charge is -2.26. The molecule has 1 aromatic carbocycles. The maximum atomic E-state index is 10.9. The summed E-state index contributed by atoms with van der Waals surface area (Å²) in [4.78, 5) is 12.6. The molecule has 1 N–H and O–H groups in total. The Balaban J connectivity index is 2.69. The highest BCUT2D eigenvalue weighted by Crippen LogP contribution is 2.19. The Morgan fingerprint density at radius 1 is 1.42 bits per heavy atom. The molecule has 106 valence electrons. The molecule has 0 aromatic heterocycles. The van der Waals surface area contributed by atoms with Gasteiger partial charge in [0, 0.05) is 17.3 Å². The van der Waals surface area contributed by atoms with Gasteiger partial charge < -0.3 is 14.7 Å². The van der Waals surface area contributed by atoms with Crippen LogP contribution in [0.4, 0.5) is 5.69 Å². The third-order valence-electron chi connectivity index (χ3n) is 2.40. The topological polar surface area (TPSA) is 49.8 Å². The number of aliphatic carboxylic acids is 1. The van der Waals surface area contributed by atoms with E-state index in [1.807, 2.05) is 26.8 Å². The van der Waals surface area contributed by atoms with E-state index in [9.17, 15) is 4.79 Å². The lowest BCUT2D eigenvalue weighted by atomic mass is 10.2. The molecule has 0 amide bonds. The Morgan fingerprint density at radius 3 is 2.63 bits per heavy atom. The summed E-state index contributed by atoms with van der Waals surface area (Å²) in [5.41, 5.74) is 0.552. The fourth-order valence-electron chi connectivity index (χ4n) is 1.60. The van der Waals surface area contributed by atoms with Crippen molar-refractivity contribution in [2.75, 3.05) is 24.6 Å². The number of anilines is 1. The predicted octanol–water partition coefficient (Wildman–Crippen LogP) is 3.05. The van der Waals surface area contributed by atoms with Crippen molar-refractivity contribution < 1.29 is 14.6 Å². The van der Waals surface area contributed by atoms with E-state index in [2.05, 4.69) is 0 Å². The number of hydrogen-bond acceptors (Lipinski definition) is 3. The van der Waals surface area contributed by atoms with Gasteiger partial charge >= 0.3 is 5.97 Å². The lowest BCUT2D eigenvalue weighted by molar-refractivity contribution is -0.135. The summed E-state index contributed by atoms with van der Waals surface area (Å²) in [6, 6.07) is 7.15. The van der Waals surface area contributed by atoms with Gasteiger partial charge in [-0.25, -0.2) is 0 Å². The minimum Gasteiger partial charge on any atom is -0.480 e. The third-order valence-corrected chi connectivity index (χ3v) is 2.63. The van der Waals surface area contributed by atoms with E-state index in [1.165, 1.54) is 0 Å². The van der Waals surface area contributed by atoms with Crippen LogP contribution in [0.15, 0.2) is 24.3 Å². The number of ether oxygens (including phenoxy) is 1. The molecule has 0 saturated carbocycles. The van der Waals surface area contributed by atoms with Crippen LogP contribution in [0.1, 0.15) is 20.8 Å². The van der Waals surface area contributed by atoms with E-state index in [4.69, 9.17) is 21.4 Å². The van der Waals surface area contributed by atoms with Crippen molar-refractivity contribution in [2.45, 2.75) is 26.4 Å². The van der Waals surface area contributed by atoms with Crippen LogP contribution in [0, 0.1) is 0 Å². The molecule has 0 aliphatic rings. The molecule has 0 aliphatic heterocycles. The Bertz CT molecular complexity index is 429. The highest BCUT2D eigenvalue weighted by molar-refractivity contribution is 6.30. The van der Waals surface area contributed by atoms with Gasteiger partial charge in [0.1, 0.15) is 6.54 Å². The molecule has 0 atom stereocenters. The molecule has 5 heteroatoms. The van der Waals surface area contributed by atoms with E-state index in [0.717, 1.165) is 5.69 Å². The number of nitrogens with zero attached hydrogens (tertiary/aromatic N) is 1. The Morgan fingerprint density at radius 2 is 2.11 bits per heavy atom. The van der Waals surface area contributed by atoms with Crippen LogP contribution in [0.5, 0.6) is 0 Å². The Hall–Kier alpha value is -1.26. The van der Waals surface area contributed by atoms with Crippen LogP contribution >= 0.6 is 11.6 Å². The zero-order valence-corrected chi connectivity index (χ0v) is 12.3. The molecule has 0 unspecified atom stereocenters. The zero-order chi connectivity index (χ0) is 14.5. The van der Waals surface area contributed by atoms with Crippen molar-refractivity contribution in [3.05, 3.63) is 29.3 Å². The number of carbonyl (C=O) groups is 1. The summed E-state index contributed by atoms with van der Waals surface area (Å²) in [5.74, 6) is -0.879. The first-order valence-corrected chi connectivity index (χ1v) is 6.52. The van der Waals surface area contributed by atoms with Crippen LogP contribution in [-0.2, 0) is 9.53 Å². The molecule has 0 bridgehead atoms. The Labute approximate surface area is 118 Å². The molecule has 0 heterocycles. The molecule has 0 fully saturated rings. The molecule has 4 nitrogen and oxygen atoms in total. The fraction of sp³-hybridized carbons (Fsp3) is 0.500. The van der Waals surface area contributed by atoms with Crippen molar-refractivity contribution >= 4 is 23.3 Å². The maximum Gasteiger partial charge on any atom is 0.323 e. The number of rotatable bonds is 6. The number of halogens is 1. The normalized spacial score (nSPS) is 11.4. The van der Waals surface area contributed by atoms with Gasteiger partial charge in [0.2, 0.25) is 0 Å². The average Bonchev–Trinajstić information content (AvgIpc) is 2.25. The maximum absolute atomic E-state index is 10.9. The molecular formula is C14H20ClNO3. The molecule has 1 aromatic rings. The third kappa shape index (κ3) is 6.45. The van der Waals surface area contributed by atoms with Crippen LogP contribution in [0.3, 0.4) is 0 Å². The summed E-state index contributed by atoms with van der Waals surface area (Å²) in [5, 5.41) is 9.55. The second-order valence-corrected chi connectivity index (χ2v) is 5.69. The number of carboxylic acids is 1. The van der Waals surface area contributed by atoms with Crippen molar-refractivity contribution in [2.24, 2.45) is 0 Å². The average molecular weight is 286 g/mol. The molecule has 0 aliphatic carbocycles. The fourth-order valence-corrected chi connectivity index (χ4v) is 1.78. The lowest BCUT2D eigenvalue weighted by Crippen LogP contribution is -2.34. The van der Waals surface area contributed by atoms with Crippen molar-refractivity contribution in [3.63, 3.8) is 0 Å². The summed E-state index contributed by atoms with van der Waals surface area (Å²) < 4.78 is 5.63. The van der Waals surface area contributed by atoms with Gasteiger partial charge in [0.25, 0.3) is 0 Å². The summed E-state index contributed by atoms with van der Waals surface area (Å²) in [7, 11) is 0. The van der Waals surface area contributed by atoms with Gasteiger partial charge in [-0.05, 0) is 39.0 Å². The highest BCUT2D eigenvalue weighted by Gasteiger charge is 2.14. The van der Waals surface area contributed by atoms with Crippen LogP contribution < -0.4 is 4.90 Å². The molecule has 1 rings (SSSR count). The highest BCUT2D eigenvalue weighted by atomic mass is 35.5. The number of benzene rings is 1. The second-order valence-electron chi connectivity index (χ2n) is 5.26. The van der Waals surface area contributed by atoms with Gasteiger partial charge in [-0.1, -0.05) is 17.7 Å². The van der Waals surface area contributed by atoms with E-state index in [0.29, 0.717) is 18.2 Å². The summed E-state index contributed by atoms with van der Waals surface area (Å²) in [6.07, 6.45) is 0. The SMILES string of the molecule is CC(C)(C)OCCN(CC(=O)O)c1cccc(Cl)c1. The number of carboxylic acid groups (broad SMARTS) is 1. The Kier molecular flexibility index (Phi) is 5.63. The van der Waals surface area contributed by atoms with Crippen molar-refractivity contribution in [3.8, 4) is 0 Å². The van der Waals surface area contributed by atoms with Crippen LogP contribution in [0.2, 0.25) is 5.02 Å². The molecular weight excluding hydrogens is 266 g/mol. The van der Waals surface area contributed by atoms with Gasteiger partial charge in [0.05, 0.1) is 12.2 Å². The van der Waals surface area contributed by atoms with E-state index < -0.39 is 5.97 Å². The molecule has 0 saturated heterocycles. The van der Waals surface area contributed by atoms with Gasteiger partial charge in [-0.15, -0.1) is 0 Å². The molecule has 19 heavy (non-hydrogen) atoms. The molecule has 0 radical (unpaired) electrons. The van der Waals surface area contributed by atoms with Gasteiger partial charge in [0.15, 0.2) is 0 Å². The largest absolute Gasteiger partial charge is 0.480 e. The summed E-state index contributed by atoms with van der Waals surface area (Å²) >= 11 is 5.93. The van der Waals surface area contributed by atoms with Gasteiger partial charge in [-0.2, -0.15) is 0 Å². The standard InChI is InChI=1S/C14H20ClNO3/c1-14(2,3)19-8-7-16(10-13(17)18)12-6-4-5-11(15)9-12/h4-6,9H,7-8,10H2,1-3H3,(H,17,18). The first kappa shape index (κ1) is 15.8. The van der Waals surface area contributed by atoms with E-state index >= 15 is 0 Å². The minimum atomic E-state index is -0.879. The van der Waals surface area contributed by atoms with E-state index in [1.54, 1.807) is 23.1 Å². The zero-order valence-electron chi connectivity index (χ0n) is 11.5. The monoisotopic (exact) mass is 285 g/mol. The first-order valence-electron chi connectivity index (χ1n) is 6.14. The quantitative estimate of drug-likeness (QED) is 0.873. The van der Waals surface area contributed by atoms with Crippen LogP contribution in [-0.4, -0.2) is 36.4 Å². The minimum absolute atomic E-state index is 0.0756. The number of hydrogen-bond donors (Lipinski definition) is 1. The van der Waals surface area contributed by atoms with Crippen molar-refractivity contribution in [1.82, 2.24) is 0 Å². The smallest absolute Gasteiger partial charge is 0.323 e. The predicted molar refractivity (Wildman–Crippen MR) is 77.0 cm³/mol.